The molecule has 0 bridgehead atoms. The van der Waals surface area contributed by atoms with Gasteiger partial charge in [0.15, 0.2) is 5.78 Å². The van der Waals surface area contributed by atoms with Gasteiger partial charge in [0.2, 0.25) is 0 Å². The number of Topliss-reactive ketones (excluding diaryl/α,β-unsaturated/α-hetero) is 1. The Morgan fingerprint density at radius 1 is 0.935 bits per heavy atom. The molecule has 1 unspecified atom stereocenters. The lowest BCUT2D eigenvalue weighted by Gasteiger charge is -2.48. The number of ether oxygens (including phenoxy) is 1. The van der Waals surface area contributed by atoms with Gasteiger partial charge in [-0.2, -0.15) is 10.5 Å². The Labute approximate surface area is 183 Å². The summed E-state index contributed by atoms with van der Waals surface area (Å²) in [6.45, 7) is 1.80. The summed E-state index contributed by atoms with van der Waals surface area (Å²) >= 11 is 0. The third-order valence-corrected chi connectivity index (χ3v) is 6.84. The predicted octanol–water partition coefficient (Wildman–Crippen LogP) is 5.14. The van der Waals surface area contributed by atoms with Gasteiger partial charge in [-0.05, 0) is 49.9 Å². The quantitative estimate of drug-likeness (QED) is 0.655. The van der Waals surface area contributed by atoms with Crippen molar-refractivity contribution in [1.29, 1.82) is 10.5 Å². The number of carbonyl (C=O) groups is 1. The second-order valence-electron chi connectivity index (χ2n) is 8.50. The number of para-hydroxylation sites is 2. The molecule has 0 amide bonds. The first-order chi connectivity index (χ1) is 15.2. The van der Waals surface area contributed by atoms with E-state index < -0.39 is 5.41 Å². The molecule has 1 saturated heterocycles. The molecule has 0 saturated carbocycles. The zero-order valence-electron chi connectivity index (χ0n) is 17.7. The Kier molecular flexibility index (Phi) is 6.23. The van der Waals surface area contributed by atoms with Gasteiger partial charge in [0.1, 0.15) is 11.9 Å². The van der Waals surface area contributed by atoms with E-state index in [1.165, 1.54) is 5.69 Å². The van der Waals surface area contributed by atoms with E-state index in [1.54, 1.807) is 6.07 Å². The first kappa shape index (κ1) is 20.9. The molecule has 2 aliphatic rings. The lowest BCUT2D eigenvalue weighted by Crippen LogP contribution is -2.54. The van der Waals surface area contributed by atoms with Crippen molar-refractivity contribution in [2.24, 2.45) is 11.3 Å². The fourth-order valence-corrected chi connectivity index (χ4v) is 5.25. The summed E-state index contributed by atoms with van der Waals surface area (Å²) in [5.41, 5.74) is 0.975. The monoisotopic (exact) mass is 413 g/mol. The third kappa shape index (κ3) is 4.01. The van der Waals surface area contributed by atoms with E-state index >= 15 is 0 Å². The summed E-state index contributed by atoms with van der Waals surface area (Å²) in [5, 5.41) is 18.6. The summed E-state index contributed by atoms with van der Waals surface area (Å²) in [4.78, 5) is 16.2. The minimum atomic E-state index is -0.820. The number of benzene rings is 2. The van der Waals surface area contributed by atoms with Gasteiger partial charge >= 0.3 is 0 Å². The molecule has 31 heavy (non-hydrogen) atoms. The van der Waals surface area contributed by atoms with Crippen molar-refractivity contribution in [3.63, 3.8) is 0 Å². The summed E-state index contributed by atoms with van der Waals surface area (Å²) in [7, 11) is 0. The Bertz CT molecular complexity index is 979. The number of hydrogen-bond acceptors (Lipinski definition) is 5. The van der Waals surface area contributed by atoms with Gasteiger partial charge in [0.05, 0.1) is 23.1 Å². The molecule has 1 fully saturated rings. The summed E-state index contributed by atoms with van der Waals surface area (Å²) in [5.74, 6) is 0.873. The van der Waals surface area contributed by atoms with Crippen LogP contribution in [0.5, 0.6) is 5.75 Å². The van der Waals surface area contributed by atoms with Crippen LogP contribution in [-0.2, 0) is 0 Å². The number of nitriles is 2. The molecule has 4 rings (SSSR count). The molecule has 0 aromatic heterocycles. The summed E-state index contributed by atoms with van der Waals surface area (Å²) < 4.78 is 6.53. The van der Waals surface area contributed by atoms with Crippen LogP contribution in [0.25, 0.3) is 0 Å². The molecule has 0 aliphatic carbocycles. The molecule has 2 aromatic rings. The highest BCUT2D eigenvalue weighted by Crippen LogP contribution is 2.49. The summed E-state index contributed by atoms with van der Waals surface area (Å²) in [6, 6.07) is 22.2. The number of anilines is 1. The van der Waals surface area contributed by atoms with Crippen LogP contribution in [-0.4, -0.2) is 25.0 Å². The molecule has 1 atom stereocenters. The molecule has 0 spiro atoms. The van der Waals surface area contributed by atoms with Crippen molar-refractivity contribution in [2.45, 2.75) is 44.6 Å². The summed E-state index contributed by atoms with van der Waals surface area (Å²) in [6.07, 6.45) is 2.94. The molecule has 2 aromatic carbocycles. The van der Waals surface area contributed by atoms with Gasteiger partial charge in [-0.15, -0.1) is 0 Å². The number of hydrogen-bond donors (Lipinski definition) is 0. The van der Waals surface area contributed by atoms with Crippen LogP contribution in [0.2, 0.25) is 0 Å². The fraction of sp³-hybridized carbons (Fsp3) is 0.423. The van der Waals surface area contributed by atoms with Crippen molar-refractivity contribution in [2.75, 3.05) is 18.0 Å². The van der Waals surface area contributed by atoms with E-state index in [0.29, 0.717) is 24.2 Å². The highest BCUT2D eigenvalue weighted by molar-refractivity contribution is 6.04. The highest BCUT2D eigenvalue weighted by Gasteiger charge is 2.53. The topological polar surface area (TPSA) is 77.1 Å². The third-order valence-electron chi connectivity index (χ3n) is 6.84. The van der Waals surface area contributed by atoms with Crippen molar-refractivity contribution in [3.05, 3.63) is 60.2 Å². The van der Waals surface area contributed by atoms with Crippen LogP contribution in [0.15, 0.2) is 54.6 Å². The van der Waals surface area contributed by atoms with E-state index in [4.69, 9.17) is 4.74 Å². The Hall–Kier alpha value is -3.31. The van der Waals surface area contributed by atoms with E-state index in [0.717, 1.165) is 25.9 Å². The number of rotatable bonds is 6. The molecule has 5 nitrogen and oxygen atoms in total. The van der Waals surface area contributed by atoms with E-state index in [-0.39, 0.29) is 30.6 Å². The first-order valence-corrected chi connectivity index (χ1v) is 11.0. The predicted molar refractivity (Wildman–Crippen MR) is 119 cm³/mol. The molecule has 2 heterocycles. The van der Waals surface area contributed by atoms with Gasteiger partial charge in [-0.1, -0.05) is 30.3 Å². The maximum absolute atomic E-state index is 13.8. The van der Waals surface area contributed by atoms with Crippen LogP contribution >= 0.6 is 0 Å². The normalized spacial score (nSPS) is 20.3. The smallest absolute Gasteiger partial charge is 0.176 e. The SMILES string of the molecule is N#CCCC1(CCC#N)C(=O)c2ccccc2OC1C1CCN(c2ccccc2)CC1. The zero-order chi connectivity index (χ0) is 21.7. The van der Waals surface area contributed by atoms with E-state index in [2.05, 4.69) is 41.3 Å². The largest absolute Gasteiger partial charge is 0.488 e. The van der Waals surface area contributed by atoms with Crippen LogP contribution in [0, 0.1) is 34.0 Å². The number of piperidine rings is 1. The van der Waals surface area contributed by atoms with Crippen LogP contribution in [0.4, 0.5) is 5.69 Å². The maximum atomic E-state index is 13.8. The lowest BCUT2D eigenvalue weighted by atomic mass is 9.63. The molecule has 0 N–H and O–H groups in total. The second kappa shape index (κ2) is 9.23. The van der Waals surface area contributed by atoms with Crippen molar-refractivity contribution >= 4 is 11.5 Å². The van der Waals surface area contributed by atoms with Gasteiger partial charge in [0, 0.05) is 37.5 Å². The first-order valence-electron chi connectivity index (χ1n) is 11.0. The maximum Gasteiger partial charge on any atom is 0.176 e. The number of fused-ring (bicyclic) bond motifs is 1. The molecular formula is C26H27N3O2. The molecular weight excluding hydrogens is 386 g/mol. The molecule has 5 heteroatoms. The second-order valence-corrected chi connectivity index (χ2v) is 8.50. The van der Waals surface area contributed by atoms with Crippen molar-refractivity contribution in [3.8, 4) is 17.9 Å². The average molecular weight is 414 g/mol. The molecule has 0 radical (unpaired) electrons. The van der Waals surface area contributed by atoms with Gasteiger partial charge in [-0.3, -0.25) is 4.79 Å². The Balaban J connectivity index is 1.64. The van der Waals surface area contributed by atoms with Crippen LogP contribution in [0.3, 0.4) is 0 Å². The fourth-order valence-electron chi connectivity index (χ4n) is 5.25. The Morgan fingerprint density at radius 3 is 2.19 bits per heavy atom. The minimum absolute atomic E-state index is 0.0374. The number of carbonyl (C=O) groups excluding carboxylic acids is 1. The van der Waals surface area contributed by atoms with Crippen LogP contribution < -0.4 is 9.64 Å². The van der Waals surface area contributed by atoms with Crippen molar-refractivity contribution < 1.29 is 9.53 Å². The Morgan fingerprint density at radius 2 is 1.55 bits per heavy atom. The molecule has 2 aliphatic heterocycles. The standard InChI is InChI=1S/C26H27N3O2/c27-16-6-14-26(15-7-17-28)24(30)22-10-4-5-11-23(22)31-25(26)20-12-18-29(19-13-20)21-8-2-1-3-9-21/h1-5,8-11,20,25H,6-7,12-15,18-19H2. The lowest BCUT2D eigenvalue weighted by molar-refractivity contribution is -0.0161. The van der Waals surface area contributed by atoms with Gasteiger partial charge < -0.3 is 9.64 Å². The van der Waals surface area contributed by atoms with Gasteiger partial charge in [0.25, 0.3) is 0 Å². The minimum Gasteiger partial charge on any atom is -0.488 e. The number of nitrogens with zero attached hydrogens (tertiary/aromatic N) is 3. The molecule has 158 valence electrons. The van der Waals surface area contributed by atoms with Crippen molar-refractivity contribution in [1.82, 2.24) is 0 Å². The van der Waals surface area contributed by atoms with Gasteiger partial charge in [-0.25, -0.2) is 0 Å². The average Bonchev–Trinajstić information content (AvgIpc) is 2.83. The number of ketones is 1. The van der Waals surface area contributed by atoms with E-state index in [1.807, 2.05) is 24.3 Å². The van der Waals surface area contributed by atoms with Crippen LogP contribution in [0.1, 0.15) is 48.9 Å². The zero-order valence-corrected chi connectivity index (χ0v) is 17.7. The van der Waals surface area contributed by atoms with E-state index in [9.17, 15) is 15.3 Å². The highest BCUT2D eigenvalue weighted by atomic mass is 16.5.